The van der Waals surface area contributed by atoms with Gasteiger partial charge in [0.15, 0.2) is 5.58 Å². The predicted molar refractivity (Wildman–Crippen MR) is 125 cm³/mol. The minimum Gasteiger partial charge on any atom is -0.497 e. The minimum atomic E-state index is -0.221. The standard InChI is InChI=1S/C27H28N2O3/c1-4-23(21-8-6-5-7-9-21)27(30)29(17-20-11-13-22(31-3)14-12-20)18-26-28-24-16-19(2)10-15-25(24)32-26/h5-16,23H,4,17-18H2,1-3H3. The van der Waals surface area contributed by atoms with Crippen LogP contribution in [0.3, 0.4) is 0 Å². The molecule has 0 N–H and O–H groups in total. The number of carbonyl (C=O) groups excluding carboxylic acids is 1. The van der Waals surface area contributed by atoms with Gasteiger partial charge in [-0.05, 0) is 54.3 Å². The third kappa shape index (κ3) is 4.83. The summed E-state index contributed by atoms with van der Waals surface area (Å²) in [5.74, 6) is 1.17. The molecule has 164 valence electrons. The van der Waals surface area contributed by atoms with Crippen molar-refractivity contribution in [2.24, 2.45) is 0 Å². The first kappa shape index (κ1) is 21.6. The van der Waals surface area contributed by atoms with Crippen LogP contribution in [0.25, 0.3) is 11.1 Å². The maximum Gasteiger partial charge on any atom is 0.230 e. The van der Waals surface area contributed by atoms with Crippen LogP contribution >= 0.6 is 0 Å². The van der Waals surface area contributed by atoms with Gasteiger partial charge in [-0.15, -0.1) is 0 Å². The van der Waals surface area contributed by atoms with E-state index in [4.69, 9.17) is 9.15 Å². The number of nitrogens with zero attached hydrogens (tertiary/aromatic N) is 2. The molecule has 0 saturated carbocycles. The van der Waals surface area contributed by atoms with E-state index in [9.17, 15) is 4.79 Å². The first-order valence-corrected chi connectivity index (χ1v) is 10.9. The van der Waals surface area contributed by atoms with E-state index in [1.54, 1.807) is 7.11 Å². The highest BCUT2D eigenvalue weighted by Crippen LogP contribution is 2.26. The summed E-state index contributed by atoms with van der Waals surface area (Å²) < 4.78 is 11.2. The van der Waals surface area contributed by atoms with Crippen molar-refractivity contribution >= 4 is 17.0 Å². The van der Waals surface area contributed by atoms with Gasteiger partial charge in [-0.2, -0.15) is 0 Å². The Morgan fingerprint density at radius 1 is 1.03 bits per heavy atom. The number of aryl methyl sites for hydroxylation is 1. The number of ether oxygens (including phenoxy) is 1. The van der Waals surface area contributed by atoms with Crippen LogP contribution in [-0.2, 0) is 17.9 Å². The Morgan fingerprint density at radius 3 is 2.47 bits per heavy atom. The SMILES string of the molecule is CCC(C(=O)N(Cc1ccc(OC)cc1)Cc1nc2cc(C)ccc2o1)c1ccccc1. The lowest BCUT2D eigenvalue weighted by Gasteiger charge is -2.26. The Hall–Kier alpha value is -3.60. The second-order valence-corrected chi connectivity index (χ2v) is 7.99. The normalized spacial score (nSPS) is 12.0. The van der Waals surface area contributed by atoms with Gasteiger partial charge in [-0.1, -0.05) is 55.5 Å². The summed E-state index contributed by atoms with van der Waals surface area (Å²) in [4.78, 5) is 20.2. The molecule has 0 fully saturated rings. The molecule has 1 atom stereocenters. The maximum absolute atomic E-state index is 13.7. The van der Waals surface area contributed by atoms with Gasteiger partial charge in [0.1, 0.15) is 11.3 Å². The van der Waals surface area contributed by atoms with Crippen LogP contribution in [0.2, 0.25) is 0 Å². The highest BCUT2D eigenvalue weighted by Gasteiger charge is 2.26. The van der Waals surface area contributed by atoms with Crippen LogP contribution in [0.1, 0.15) is 41.8 Å². The maximum atomic E-state index is 13.7. The van der Waals surface area contributed by atoms with Crippen LogP contribution in [0.4, 0.5) is 0 Å². The fourth-order valence-corrected chi connectivity index (χ4v) is 3.94. The molecule has 32 heavy (non-hydrogen) atoms. The molecule has 0 aliphatic heterocycles. The van der Waals surface area contributed by atoms with E-state index in [2.05, 4.69) is 4.98 Å². The third-order valence-electron chi connectivity index (χ3n) is 5.67. The van der Waals surface area contributed by atoms with E-state index in [0.717, 1.165) is 33.5 Å². The summed E-state index contributed by atoms with van der Waals surface area (Å²) in [5, 5.41) is 0. The smallest absolute Gasteiger partial charge is 0.230 e. The van der Waals surface area contributed by atoms with Crippen LogP contribution in [0.15, 0.2) is 77.2 Å². The summed E-state index contributed by atoms with van der Waals surface area (Å²) in [6.45, 7) is 4.84. The molecule has 1 amide bonds. The lowest BCUT2D eigenvalue weighted by molar-refractivity contribution is -0.134. The van der Waals surface area contributed by atoms with Crippen molar-refractivity contribution in [3.05, 3.63) is 95.4 Å². The molecule has 5 heteroatoms. The quantitative estimate of drug-likeness (QED) is 0.352. The fraction of sp³-hybridized carbons (Fsp3) is 0.259. The molecular weight excluding hydrogens is 400 g/mol. The first-order chi connectivity index (χ1) is 15.6. The van der Waals surface area contributed by atoms with Crippen LogP contribution in [-0.4, -0.2) is 22.9 Å². The lowest BCUT2D eigenvalue weighted by Crippen LogP contribution is -2.34. The summed E-state index contributed by atoms with van der Waals surface area (Å²) in [7, 11) is 1.64. The van der Waals surface area contributed by atoms with Gasteiger partial charge in [-0.25, -0.2) is 4.98 Å². The highest BCUT2D eigenvalue weighted by atomic mass is 16.5. The molecule has 0 saturated heterocycles. The molecule has 0 aliphatic rings. The Kier molecular flexibility index (Phi) is 6.55. The van der Waals surface area contributed by atoms with Crippen molar-refractivity contribution in [1.29, 1.82) is 0 Å². The summed E-state index contributed by atoms with van der Waals surface area (Å²) in [5.41, 5.74) is 4.71. The molecule has 5 nitrogen and oxygen atoms in total. The summed E-state index contributed by atoms with van der Waals surface area (Å²) in [6, 6.07) is 23.7. The fourth-order valence-electron chi connectivity index (χ4n) is 3.94. The summed E-state index contributed by atoms with van der Waals surface area (Å²) >= 11 is 0. The third-order valence-corrected chi connectivity index (χ3v) is 5.67. The zero-order chi connectivity index (χ0) is 22.5. The zero-order valence-corrected chi connectivity index (χ0v) is 18.7. The van der Waals surface area contributed by atoms with Gasteiger partial charge in [0.25, 0.3) is 0 Å². The van der Waals surface area contributed by atoms with E-state index < -0.39 is 0 Å². The first-order valence-electron chi connectivity index (χ1n) is 10.9. The highest BCUT2D eigenvalue weighted by molar-refractivity contribution is 5.83. The zero-order valence-electron chi connectivity index (χ0n) is 18.7. The van der Waals surface area contributed by atoms with Crippen LogP contribution in [0, 0.1) is 6.92 Å². The van der Waals surface area contributed by atoms with Crippen molar-refractivity contribution < 1.29 is 13.9 Å². The van der Waals surface area contributed by atoms with Gasteiger partial charge in [0, 0.05) is 6.54 Å². The number of amides is 1. The average Bonchev–Trinajstić information content (AvgIpc) is 3.21. The number of hydrogen-bond donors (Lipinski definition) is 0. The van der Waals surface area contributed by atoms with E-state index >= 15 is 0 Å². The number of methoxy groups -OCH3 is 1. The number of benzene rings is 3. The van der Waals surface area contributed by atoms with Crippen molar-refractivity contribution in [3.63, 3.8) is 0 Å². The van der Waals surface area contributed by atoms with Crippen molar-refractivity contribution in [2.45, 2.75) is 39.3 Å². The number of aromatic nitrogens is 1. The molecule has 1 aromatic heterocycles. The van der Waals surface area contributed by atoms with E-state index in [1.807, 2.05) is 91.5 Å². The van der Waals surface area contributed by atoms with Crippen molar-refractivity contribution in [1.82, 2.24) is 9.88 Å². The number of fused-ring (bicyclic) bond motifs is 1. The monoisotopic (exact) mass is 428 g/mol. The number of hydrogen-bond acceptors (Lipinski definition) is 4. The number of rotatable bonds is 8. The molecule has 0 bridgehead atoms. The molecule has 4 rings (SSSR count). The van der Waals surface area contributed by atoms with Crippen molar-refractivity contribution in [3.8, 4) is 5.75 Å². The van der Waals surface area contributed by atoms with Gasteiger partial charge >= 0.3 is 0 Å². The second-order valence-electron chi connectivity index (χ2n) is 7.99. The molecular formula is C27H28N2O3. The second kappa shape index (κ2) is 9.69. The number of carbonyl (C=O) groups is 1. The Bertz CT molecular complexity index is 1180. The molecule has 1 unspecified atom stereocenters. The van der Waals surface area contributed by atoms with Gasteiger partial charge in [0.05, 0.1) is 19.6 Å². The van der Waals surface area contributed by atoms with E-state index in [0.29, 0.717) is 25.4 Å². The Labute approximate surface area is 188 Å². The molecule has 0 radical (unpaired) electrons. The number of oxazole rings is 1. The van der Waals surface area contributed by atoms with E-state index in [-0.39, 0.29) is 11.8 Å². The Balaban J connectivity index is 1.64. The molecule has 1 heterocycles. The van der Waals surface area contributed by atoms with E-state index in [1.165, 1.54) is 0 Å². The summed E-state index contributed by atoms with van der Waals surface area (Å²) in [6.07, 6.45) is 0.717. The minimum absolute atomic E-state index is 0.0629. The molecule has 0 aliphatic carbocycles. The van der Waals surface area contributed by atoms with Crippen LogP contribution < -0.4 is 4.74 Å². The largest absolute Gasteiger partial charge is 0.497 e. The van der Waals surface area contributed by atoms with Crippen molar-refractivity contribution in [2.75, 3.05) is 7.11 Å². The van der Waals surface area contributed by atoms with Gasteiger partial charge < -0.3 is 14.1 Å². The average molecular weight is 429 g/mol. The lowest BCUT2D eigenvalue weighted by atomic mass is 9.94. The molecule has 4 aromatic rings. The Morgan fingerprint density at radius 2 is 1.78 bits per heavy atom. The van der Waals surface area contributed by atoms with Gasteiger partial charge in [-0.3, -0.25) is 4.79 Å². The topological polar surface area (TPSA) is 55.6 Å². The van der Waals surface area contributed by atoms with Crippen LogP contribution in [0.5, 0.6) is 5.75 Å². The molecule has 3 aromatic carbocycles. The predicted octanol–water partition coefficient (Wildman–Crippen LogP) is 5.87. The molecule has 0 spiro atoms. The van der Waals surface area contributed by atoms with Gasteiger partial charge in [0.2, 0.25) is 11.8 Å².